The minimum Gasteiger partial charge on any atom is -0.481 e. The molecule has 0 saturated carbocycles. The Morgan fingerprint density at radius 2 is 2.09 bits per heavy atom. The Hall–Kier alpha value is -1.38. The van der Waals surface area contributed by atoms with Gasteiger partial charge in [0, 0.05) is 11.8 Å². The number of hydrogen-bond acceptors (Lipinski definition) is 6. The first-order valence-electron chi connectivity index (χ1n) is 6.76. The van der Waals surface area contributed by atoms with Crippen molar-refractivity contribution in [3.8, 4) is 0 Å². The number of rotatable bonds is 8. The van der Waals surface area contributed by atoms with Gasteiger partial charge < -0.3 is 10.8 Å². The van der Waals surface area contributed by atoms with Gasteiger partial charge in [0.1, 0.15) is 0 Å². The van der Waals surface area contributed by atoms with E-state index in [-0.39, 0.29) is 25.2 Å². The second-order valence-corrected chi connectivity index (χ2v) is 6.34. The van der Waals surface area contributed by atoms with Gasteiger partial charge in [0.25, 0.3) is 0 Å². The number of nitrogens with one attached hydrogen (secondary N) is 1. The van der Waals surface area contributed by atoms with Gasteiger partial charge in [-0.15, -0.1) is 23.7 Å². The monoisotopic (exact) mass is 350 g/mol. The fraction of sp³-hybridized carbons (Fsp3) is 0.615. The number of amides is 1. The lowest BCUT2D eigenvalue weighted by Gasteiger charge is -2.30. The van der Waals surface area contributed by atoms with Crippen LogP contribution in [-0.2, 0) is 15.0 Å². The predicted molar refractivity (Wildman–Crippen MR) is 88.7 cm³/mol. The van der Waals surface area contributed by atoms with Crippen molar-refractivity contribution >= 4 is 40.8 Å². The van der Waals surface area contributed by atoms with Crippen molar-refractivity contribution in [2.24, 2.45) is 11.8 Å². The van der Waals surface area contributed by atoms with Crippen LogP contribution in [0.5, 0.6) is 0 Å². The van der Waals surface area contributed by atoms with Gasteiger partial charge in [-0.1, -0.05) is 13.8 Å². The van der Waals surface area contributed by atoms with Crippen molar-refractivity contribution in [3.63, 3.8) is 0 Å². The van der Waals surface area contributed by atoms with Gasteiger partial charge in [0.05, 0.1) is 11.1 Å². The number of carbonyl (C=O) groups is 2. The van der Waals surface area contributed by atoms with Crippen LogP contribution in [0.25, 0.3) is 0 Å². The molecule has 9 heteroatoms. The quantitative estimate of drug-likeness (QED) is 0.320. The minimum atomic E-state index is -1.05. The summed E-state index contributed by atoms with van der Waals surface area (Å²) in [6.45, 7) is 4.08. The molecule has 0 aromatic carbocycles. The van der Waals surface area contributed by atoms with E-state index in [0.717, 1.165) is 6.42 Å². The summed E-state index contributed by atoms with van der Waals surface area (Å²) < 4.78 is 0. The van der Waals surface area contributed by atoms with Gasteiger partial charge in [-0.05, 0) is 25.2 Å². The van der Waals surface area contributed by atoms with Crippen LogP contribution >= 0.6 is 23.7 Å². The Labute approximate surface area is 139 Å². The number of aromatic nitrogens is 1. The third-order valence-electron chi connectivity index (χ3n) is 3.49. The molecule has 126 valence electrons. The first-order chi connectivity index (χ1) is 9.81. The summed E-state index contributed by atoms with van der Waals surface area (Å²) in [7, 11) is 0. The molecule has 0 aliphatic carbocycles. The first kappa shape index (κ1) is 20.6. The van der Waals surface area contributed by atoms with Crippen LogP contribution in [0, 0.1) is 5.92 Å². The zero-order chi connectivity index (χ0) is 16.0. The number of hydrazine groups is 1. The van der Waals surface area contributed by atoms with Crippen LogP contribution in [-0.4, -0.2) is 22.0 Å². The molecule has 7 nitrogen and oxygen atoms in total. The number of anilines is 1. The maximum Gasteiger partial charge on any atom is 0.303 e. The molecular formula is C13H23ClN4O3S. The number of halogens is 1. The molecular weight excluding hydrogens is 328 g/mol. The van der Waals surface area contributed by atoms with Crippen LogP contribution in [0.15, 0.2) is 5.38 Å². The van der Waals surface area contributed by atoms with Gasteiger partial charge in [-0.2, -0.15) is 0 Å². The van der Waals surface area contributed by atoms with E-state index >= 15 is 0 Å². The average Bonchev–Trinajstić information content (AvgIpc) is 2.85. The second-order valence-electron chi connectivity index (χ2n) is 5.45. The topological polar surface area (TPSA) is 131 Å². The van der Waals surface area contributed by atoms with Gasteiger partial charge in [-0.3, -0.25) is 15.0 Å². The molecule has 0 spiro atoms. The number of carboxylic acids is 1. The lowest BCUT2D eigenvalue weighted by Crippen LogP contribution is -2.48. The van der Waals surface area contributed by atoms with Crippen LogP contribution in [0.2, 0.25) is 0 Å². The molecule has 1 atom stereocenters. The van der Waals surface area contributed by atoms with Gasteiger partial charge in [0.15, 0.2) is 5.13 Å². The predicted octanol–water partition coefficient (Wildman–Crippen LogP) is 1.68. The third kappa shape index (κ3) is 5.11. The number of aliphatic carboxylic acids is 1. The van der Waals surface area contributed by atoms with E-state index in [1.165, 1.54) is 11.3 Å². The molecule has 1 unspecified atom stereocenters. The smallest absolute Gasteiger partial charge is 0.303 e. The third-order valence-corrected chi connectivity index (χ3v) is 4.17. The number of carboxylic acid groups (broad SMARTS) is 1. The van der Waals surface area contributed by atoms with Crippen molar-refractivity contribution in [3.05, 3.63) is 11.1 Å². The van der Waals surface area contributed by atoms with Gasteiger partial charge in [0.2, 0.25) is 5.91 Å². The molecule has 1 rings (SSSR count). The Balaban J connectivity index is 0.00000441. The Kier molecular flexibility index (Phi) is 8.36. The molecule has 0 radical (unpaired) electrons. The molecule has 1 heterocycles. The van der Waals surface area contributed by atoms with Crippen LogP contribution < -0.4 is 17.0 Å². The van der Waals surface area contributed by atoms with Crippen LogP contribution in [0.3, 0.4) is 0 Å². The molecule has 0 fully saturated rings. The zero-order valence-corrected chi connectivity index (χ0v) is 14.3. The van der Waals surface area contributed by atoms with Crippen molar-refractivity contribution in [2.75, 3.05) is 5.73 Å². The standard InChI is InChI=1S/C13H22N4O3S.ClH/c1-8(2)3-5-13(11(20)17-15,6-4-10(18)19)9-7-21-12(14)16-9;/h7-8H,3-6,15H2,1-2H3,(H2,14,16)(H,17,20)(H,18,19);1H. The van der Waals surface area contributed by atoms with Gasteiger partial charge in [-0.25, -0.2) is 10.8 Å². The normalized spacial score (nSPS) is 13.3. The molecule has 1 amide bonds. The molecule has 0 aliphatic heterocycles. The lowest BCUT2D eigenvalue weighted by atomic mass is 9.74. The second kappa shape index (κ2) is 8.92. The summed E-state index contributed by atoms with van der Waals surface area (Å²) >= 11 is 1.23. The summed E-state index contributed by atoms with van der Waals surface area (Å²) in [4.78, 5) is 27.5. The van der Waals surface area contributed by atoms with Crippen LogP contribution in [0.4, 0.5) is 5.13 Å². The largest absolute Gasteiger partial charge is 0.481 e. The summed E-state index contributed by atoms with van der Waals surface area (Å²) in [5.41, 5.74) is 7.26. The number of nitrogen functional groups attached to an aromatic ring is 1. The van der Waals surface area contributed by atoms with Gasteiger partial charge >= 0.3 is 5.97 Å². The van der Waals surface area contributed by atoms with E-state index in [2.05, 4.69) is 10.4 Å². The Morgan fingerprint density at radius 3 is 2.50 bits per heavy atom. The highest BCUT2D eigenvalue weighted by atomic mass is 35.5. The number of nitrogens with two attached hydrogens (primary N) is 2. The van der Waals surface area contributed by atoms with E-state index in [1.807, 2.05) is 13.8 Å². The van der Waals surface area contributed by atoms with E-state index in [0.29, 0.717) is 23.2 Å². The number of nitrogens with zero attached hydrogens (tertiary/aromatic N) is 1. The summed E-state index contributed by atoms with van der Waals surface area (Å²) in [5, 5.41) is 11.0. The highest BCUT2D eigenvalue weighted by molar-refractivity contribution is 7.13. The molecule has 0 aliphatic rings. The molecule has 22 heavy (non-hydrogen) atoms. The molecule has 1 aromatic rings. The number of hydrogen-bond donors (Lipinski definition) is 4. The minimum absolute atomic E-state index is 0. The molecule has 6 N–H and O–H groups in total. The van der Waals surface area contributed by atoms with Crippen molar-refractivity contribution in [1.29, 1.82) is 0 Å². The zero-order valence-electron chi connectivity index (χ0n) is 12.7. The maximum absolute atomic E-state index is 12.4. The van der Waals surface area contributed by atoms with Crippen molar-refractivity contribution < 1.29 is 14.7 Å². The van der Waals surface area contributed by atoms with E-state index in [9.17, 15) is 9.59 Å². The fourth-order valence-electron chi connectivity index (χ4n) is 2.23. The fourth-order valence-corrected chi connectivity index (χ4v) is 2.89. The Morgan fingerprint density at radius 1 is 1.45 bits per heavy atom. The number of carbonyl (C=O) groups excluding carboxylic acids is 1. The number of thiazole rings is 1. The summed E-state index contributed by atoms with van der Waals surface area (Å²) in [5.74, 6) is 4.30. The Bertz CT molecular complexity index is 509. The maximum atomic E-state index is 12.4. The van der Waals surface area contributed by atoms with E-state index in [4.69, 9.17) is 16.7 Å². The van der Waals surface area contributed by atoms with Crippen LogP contribution in [0.1, 0.15) is 45.2 Å². The highest BCUT2D eigenvalue weighted by Crippen LogP contribution is 2.37. The average molecular weight is 351 g/mol. The SMILES string of the molecule is CC(C)CCC(CCC(=O)O)(C(=O)NN)c1csc(N)n1.Cl. The highest BCUT2D eigenvalue weighted by Gasteiger charge is 2.42. The molecule has 0 bridgehead atoms. The summed E-state index contributed by atoms with van der Waals surface area (Å²) in [6.07, 6.45) is 1.23. The summed E-state index contributed by atoms with van der Waals surface area (Å²) in [6, 6.07) is 0. The first-order valence-corrected chi connectivity index (χ1v) is 7.64. The van der Waals surface area contributed by atoms with Crippen molar-refractivity contribution in [1.82, 2.24) is 10.4 Å². The lowest BCUT2D eigenvalue weighted by molar-refractivity contribution is -0.138. The van der Waals surface area contributed by atoms with E-state index in [1.54, 1.807) is 5.38 Å². The molecule has 0 saturated heterocycles. The molecule has 1 aromatic heterocycles. The van der Waals surface area contributed by atoms with Crippen molar-refractivity contribution in [2.45, 2.75) is 44.9 Å². The van der Waals surface area contributed by atoms with E-state index < -0.39 is 17.3 Å².